The maximum atomic E-state index is 12.1. The lowest BCUT2D eigenvalue weighted by Gasteiger charge is -2.13. The molecule has 1 aliphatic rings. The third-order valence-electron chi connectivity index (χ3n) is 3.20. The van der Waals surface area contributed by atoms with Crippen molar-refractivity contribution in [2.75, 3.05) is 6.54 Å². The van der Waals surface area contributed by atoms with Crippen LogP contribution in [0.2, 0.25) is 0 Å². The van der Waals surface area contributed by atoms with Gasteiger partial charge in [0.2, 0.25) is 0 Å². The first kappa shape index (κ1) is 12.3. The van der Waals surface area contributed by atoms with Crippen molar-refractivity contribution in [1.82, 2.24) is 14.7 Å². The summed E-state index contributed by atoms with van der Waals surface area (Å²) in [5.74, 6) is -0.649. The zero-order valence-corrected chi connectivity index (χ0v) is 10.5. The molecular weight excluding hydrogens is 258 g/mol. The fourth-order valence-corrected chi connectivity index (χ4v) is 2.19. The predicted octanol–water partition coefficient (Wildman–Crippen LogP) is 0.539. The SMILES string of the molecule is O=C1c2ccccc2C(=O)N1CCn1ncccc1=O. The first-order valence-corrected chi connectivity index (χ1v) is 6.16. The molecule has 0 saturated carbocycles. The Morgan fingerprint density at radius 3 is 2.10 bits per heavy atom. The Morgan fingerprint density at radius 2 is 1.50 bits per heavy atom. The number of carbonyl (C=O) groups is 2. The van der Waals surface area contributed by atoms with Crippen LogP contribution in [0.5, 0.6) is 0 Å². The van der Waals surface area contributed by atoms with E-state index in [2.05, 4.69) is 5.10 Å². The molecule has 20 heavy (non-hydrogen) atoms. The molecule has 2 amide bonds. The van der Waals surface area contributed by atoms with Crippen molar-refractivity contribution in [2.45, 2.75) is 6.54 Å². The van der Waals surface area contributed by atoms with E-state index in [1.165, 1.54) is 16.9 Å². The molecule has 0 fully saturated rings. The zero-order valence-electron chi connectivity index (χ0n) is 10.5. The molecule has 1 aliphatic heterocycles. The summed E-state index contributed by atoms with van der Waals surface area (Å²) in [4.78, 5) is 36.9. The molecule has 6 nitrogen and oxygen atoms in total. The molecule has 0 spiro atoms. The largest absolute Gasteiger partial charge is 0.272 e. The van der Waals surface area contributed by atoms with Crippen LogP contribution < -0.4 is 5.56 Å². The molecule has 0 N–H and O–H groups in total. The third kappa shape index (κ3) is 1.91. The van der Waals surface area contributed by atoms with E-state index < -0.39 is 0 Å². The molecule has 6 heteroatoms. The van der Waals surface area contributed by atoms with Gasteiger partial charge in [0.15, 0.2) is 0 Å². The molecule has 1 aromatic heterocycles. The van der Waals surface area contributed by atoms with Gasteiger partial charge >= 0.3 is 0 Å². The summed E-state index contributed by atoms with van der Waals surface area (Å²) in [6, 6.07) is 9.62. The van der Waals surface area contributed by atoms with Gasteiger partial charge in [0, 0.05) is 18.8 Å². The van der Waals surface area contributed by atoms with Gasteiger partial charge in [-0.15, -0.1) is 0 Å². The van der Waals surface area contributed by atoms with Crippen molar-refractivity contribution < 1.29 is 9.59 Å². The van der Waals surface area contributed by atoms with Crippen molar-refractivity contribution in [2.24, 2.45) is 0 Å². The average molecular weight is 269 g/mol. The molecule has 0 bridgehead atoms. The van der Waals surface area contributed by atoms with Gasteiger partial charge in [-0.1, -0.05) is 12.1 Å². The van der Waals surface area contributed by atoms with E-state index in [1.54, 1.807) is 30.3 Å². The van der Waals surface area contributed by atoms with Gasteiger partial charge in [-0.3, -0.25) is 19.3 Å². The topological polar surface area (TPSA) is 72.3 Å². The molecule has 0 aliphatic carbocycles. The number of rotatable bonds is 3. The van der Waals surface area contributed by atoms with Crippen LogP contribution in [-0.4, -0.2) is 33.0 Å². The highest BCUT2D eigenvalue weighted by atomic mass is 16.2. The molecular formula is C14H11N3O3. The molecule has 2 aromatic rings. The minimum absolute atomic E-state index is 0.128. The van der Waals surface area contributed by atoms with E-state index in [-0.39, 0.29) is 30.5 Å². The number of carbonyl (C=O) groups excluding carboxylic acids is 2. The normalized spacial score (nSPS) is 13.7. The van der Waals surface area contributed by atoms with Crippen molar-refractivity contribution in [3.63, 3.8) is 0 Å². The van der Waals surface area contributed by atoms with Crippen LogP contribution in [0.1, 0.15) is 20.7 Å². The molecule has 0 saturated heterocycles. The van der Waals surface area contributed by atoms with Crippen LogP contribution >= 0.6 is 0 Å². The maximum Gasteiger partial charge on any atom is 0.266 e. The second kappa shape index (κ2) is 4.73. The molecule has 0 unspecified atom stereocenters. The zero-order chi connectivity index (χ0) is 14.1. The van der Waals surface area contributed by atoms with Crippen molar-refractivity contribution >= 4 is 11.8 Å². The molecule has 3 rings (SSSR count). The predicted molar refractivity (Wildman–Crippen MR) is 70.3 cm³/mol. The number of imide groups is 1. The van der Waals surface area contributed by atoms with Crippen molar-refractivity contribution in [3.8, 4) is 0 Å². The fourth-order valence-electron chi connectivity index (χ4n) is 2.19. The van der Waals surface area contributed by atoms with Crippen LogP contribution in [-0.2, 0) is 6.54 Å². The maximum absolute atomic E-state index is 12.1. The summed E-state index contributed by atoms with van der Waals surface area (Å²) in [5, 5.41) is 3.89. The van der Waals surface area contributed by atoms with E-state index in [4.69, 9.17) is 0 Å². The molecule has 100 valence electrons. The second-order valence-electron chi connectivity index (χ2n) is 4.39. The van der Waals surface area contributed by atoms with Crippen molar-refractivity contribution in [1.29, 1.82) is 0 Å². The Morgan fingerprint density at radius 1 is 0.850 bits per heavy atom. The molecule has 1 aromatic carbocycles. The standard InChI is InChI=1S/C14H11N3O3/c18-12-6-3-7-15-17(12)9-8-16-13(19)10-4-1-2-5-11(10)14(16)20/h1-7H,8-9H2. The van der Waals surface area contributed by atoms with E-state index in [0.29, 0.717) is 11.1 Å². The number of hydrogen-bond acceptors (Lipinski definition) is 4. The minimum atomic E-state index is -0.324. The Balaban J connectivity index is 1.81. The highest BCUT2D eigenvalue weighted by Gasteiger charge is 2.34. The summed E-state index contributed by atoms with van der Waals surface area (Å²) in [6.45, 7) is 0.314. The lowest BCUT2D eigenvalue weighted by molar-refractivity contribution is 0.0647. The van der Waals surface area contributed by atoms with Gasteiger partial charge in [0.1, 0.15) is 0 Å². The smallest absolute Gasteiger partial charge is 0.266 e. The summed E-state index contributed by atoms with van der Waals surface area (Å²) in [7, 11) is 0. The Hall–Kier alpha value is -2.76. The number of benzene rings is 1. The lowest BCUT2D eigenvalue weighted by Crippen LogP contribution is -2.35. The first-order valence-electron chi connectivity index (χ1n) is 6.16. The van der Waals surface area contributed by atoms with Crippen LogP contribution in [0, 0.1) is 0 Å². The van der Waals surface area contributed by atoms with Gasteiger partial charge in [-0.2, -0.15) is 5.10 Å². The number of hydrogen-bond donors (Lipinski definition) is 0. The van der Waals surface area contributed by atoms with E-state index in [9.17, 15) is 14.4 Å². The fraction of sp³-hybridized carbons (Fsp3) is 0.143. The Bertz CT molecular complexity index is 716. The van der Waals surface area contributed by atoms with Crippen LogP contribution in [0.4, 0.5) is 0 Å². The molecule has 0 atom stereocenters. The highest BCUT2D eigenvalue weighted by molar-refractivity contribution is 6.21. The summed E-state index contributed by atoms with van der Waals surface area (Å²) in [6.07, 6.45) is 1.49. The average Bonchev–Trinajstić information content (AvgIpc) is 2.71. The summed E-state index contributed by atoms with van der Waals surface area (Å²) >= 11 is 0. The quantitative estimate of drug-likeness (QED) is 0.762. The third-order valence-corrected chi connectivity index (χ3v) is 3.20. The van der Waals surface area contributed by atoms with E-state index in [1.807, 2.05) is 0 Å². The van der Waals surface area contributed by atoms with Crippen molar-refractivity contribution in [3.05, 3.63) is 64.1 Å². The number of aromatic nitrogens is 2. The van der Waals surface area contributed by atoms with Gasteiger partial charge in [0.05, 0.1) is 17.7 Å². The van der Waals surface area contributed by atoms with Gasteiger partial charge in [0.25, 0.3) is 17.4 Å². The minimum Gasteiger partial charge on any atom is -0.272 e. The van der Waals surface area contributed by atoms with Gasteiger partial charge in [-0.25, -0.2) is 4.68 Å². The first-order chi connectivity index (χ1) is 9.68. The molecule has 0 radical (unpaired) electrons. The summed E-state index contributed by atoms with van der Waals surface area (Å²) < 4.78 is 1.23. The number of amides is 2. The van der Waals surface area contributed by atoms with Crippen LogP contribution in [0.3, 0.4) is 0 Å². The monoisotopic (exact) mass is 269 g/mol. The summed E-state index contributed by atoms with van der Waals surface area (Å²) in [5.41, 5.74) is 0.556. The number of nitrogens with zero attached hydrogens (tertiary/aromatic N) is 3. The van der Waals surface area contributed by atoms with Gasteiger partial charge in [-0.05, 0) is 18.2 Å². The van der Waals surface area contributed by atoms with E-state index >= 15 is 0 Å². The van der Waals surface area contributed by atoms with Crippen LogP contribution in [0.25, 0.3) is 0 Å². The Labute approximate surface area is 114 Å². The van der Waals surface area contributed by atoms with Crippen LogP contribution in [0.15, 0.2) is 47.4 Å². The Kier molecular flexibility index (Phi) is 2.90. The molecule has 2 heterocycles. The van der Waals surface area contributed by atoms with Gasteiger partial charge < -0.3 is 0 Å². The highest BCUT2D eigenvalue weighted by Crippen LogP contribution is 2.21. The number of fused-ring (bicyclic) bond motifs is 1. The van der Waals surface area contributed by atoms with E-state index in [0.717, 1.165) is 4.90 Å². The lowest BCUT2D eigenvalue weighted by atomic mass is 10.1. The second-order valence-corrected chi connectivity index (χ2v) is 4.39.